The monoisotopic (exact) mass is 438 g/mol. The number of ketones is 1. The molecule has 1 aromatic rings. The number of hydrogen-bond donors (Lipinski definition) is 0. The molecule has 4 unspecified atom stereocenters. The first-order chi connectivity index (χ1) is 13.6. The summed E-state index contributed by atoms with van der Waals surface area (Å²) < 4.78 is 22.9. The highest BCUT2D eigenvalue weighted by atomic mass is 35.5. The van der Waals surface area contributed by atoms with Gasteiger partial charge in [0.1, 0.15) is 20.8 Å². The number of sulfone groups is 1. The predicted molar refractivity (Wildman–Crippen MR) is 119 cm³/mol. The van der Waals surface area contributed by atoms with Gasteiger partial charge in [0.25, 0.3) is 0 Å². The Hall–Kier alpha value is -1.53. The molecule has 2 heterocycles. The van der Waals surface area contributed by atoms with E-state index in [0.717, 1.165) is 24.7 Å². The normalized spacial score (nSPS) is 20.4. The molecule has 5 nitrogen and oxygen atoms in total. The van der Waals surface area contributed by atoms with Crippen molar-refractivity contribution in [2.24, 2.45) is 28.7 Å². The second kappa shape index (κ2) is 10.5. The molecule has 160 valence electrons. The lowest BCUT2D eigenvalue weighted by Crippen LogP contribution is -2.26. The molecule has 0 aliphatic carbocycles. The number of nitrogens with zero attached hydrogens (tertiary/aromatic N) is 2. The van der Waals surface area contributed by atoms with Gasteiger partial charge in [0.2, 0.25) is 0 Å². The number of halogens is 1. The Morgan fingerprint density at radius 3 is 2.66 bits per heavy atom. The quantitative estimate of drug-likeness (QED) is 0.550. The standard InChI is InChI=1S/C22H31ClN2O3S/c1-15(10-21(26)16(2)14-29(4,27)28)17(3)20-11-19(13-25-22(20)23)8-7-18-6-5-9-24-12-18/h5-6,9,11-12,15-17,19H,7-8,10,13-14H2,1-4H3. The molecule has 2 rings (SSSR count). The zero-order valence-corrected chi connectivity index (χ0v) is 19.2. The van der Waals surface area contributed by atoms with Gasteiger partial charge in [-0.1, -0.05) is 44.5 Å². The van der Waals surface area contributed by atoms with E-state index in [0.29, 0.717) is 24.1 Å². The van der Waals surface area contributed by atoms with E-state index in [4.69, 9.17) is 11.6 Å². The fraction of sp³-hybridized carbons (Fsp3) is 0.591. The first-order valence-corrected chi connectivity index (χ1v) is 12.5. The first-order valence-electron chi connectivity index (χ1n) is 10.1. The Labute approximate surface area is 179 Å². The van der Waals surface area contributed by atoms with Crippen LogP contribution in [-0.2, 0) is 21.1 Å². The third-order valence-electron chi connectivity index (χ3n) is 5.61. The van der Waals surface area contributed by atoms with E-state index in [9.17, 15) is 13.2 Å². The van der Waals surface area contributed by atoms with Crippen molar-refractivity contribution in [3.63, 3.8) is 0 Å². The van der Waals surface area contributed by atoms with Crippen molar-refractivity contribution in [1.29, 1.82) is 0 Å². The van der Waals surface area contributed by atoms with E-state index in [1.54, 1.807) is 13.1 Å². The second-order valence-electron chi connectivity index (χ2n) is 8.34. The van der Waals surface area contributed by atoms with Gasteiger partial charge in [-0.15, -0.1) is 0 Å². The molecule has 0 N–H and O–H groups in total. The van der Waals surface area contributed by atoms with Crippen LogP contribution in [0.2, 0.25) is 0 Å². The van der Waals surface area contributed by atoms with E-state index in [-0.39, 0.29) is 23.4 Å². The maximum absolute atomic E-state index is 12.5. The van der Waals surface area contributed by atoms with Crippen molar-refractivity contribution in [2.45, 2.75) is 40.0 Å². The number of aromatic nitrogens is 1. The van der Waals surface area contributed by atoms with Crippen molar-refractivity contribution < 1.29 is 13.2 Å². The fourth-order valence-corrected chi connectivity index (χ4v) is 5.02. The lowest BCUT2D eigenvalue weighted by molar-refractivity contribution is -0.122. The number of aryl methyl sites for hydroxylation is 1. The number of rotatable bonds is 10. The highest BCUT2D eigenvalue weighted by Gasteiger charge is 2.27. The summed E-state index contributed by atoms with van der Waals surface area (Å²) >= 11 is 6.40. The highest BCUT2D eigenvalue weighted by molar-refractivity contribution is 7.90. The lowest BCUT2D eigenvalue weighted by atomic mass is 9.81. The SMILES string of the molecule is CC(CS(C)(=O)=O)C(=O)CC(C)C(C)C1=CC(CCc2cccnc2)CN=C1Cl. The summed E-state index contributed by atoms with van der Waals surface area (Å²) in [5, 5.41) is 0.526. The molecule has 0 saturated carbocycles. The molecular formula is C22H31ClN2O3S. The van der Waals surface area contributed by atoms with Gasteiger partial charge in [-0.2, -0.15) is 0 Å². The smallest absolute Gasteiger partial charge is 0.148 e. The second-order valence-corrected chi connectivity index (χ2v) is 10.9. The molecule has 0 aromatic carbocycles. The van der Waals surface area contributed by atoms with Crippen molar-refractivity contribution >= 4 is 32.4 Å². The van der Waals surface area contributed by atoms with Gasteiger partial charge < -0.3 is 0 Å². The number of Topliss-reactive ketones (excluding diaryl/α,β-unsaturated/α-hetero) is 1. The van der Waals surface area contributed by atoms with Crippen molar-refractivity contribution in [3.8, 4) is 0 Å². The van der Waals surface area contributed by atoms with Crippen LogP contribution < -0.4 is 0 Å². The topological polar surface area (TPSA) is 76.5 Å². The Bertz CT molecular complexity index is 865. The highest BCUT2D eigenvalue weighted by Crippen LogP contribution is 2.31. The molecule has 0 bridgehead atoms. The van der Waals surface area contributed by atoms with Gasteiger partial charge >= 0.3 is 0 Å². The Morgan fingerprint density at radius 1 is 1.31 bits per heavy atom. The minimum atomic E-state index is -3.17. The number of carbonyl (C=O) groups excluding carboxylic acids is 1. The number of carbonyl (C=O) groups is 1. The molecule has 1 aromatic heterocycles. The predicted octanol–water partition coefficient (Wildman–Crippen LogP) is 4.12. The summed E-state index contributed by atoms with van der Waals surface area (Å²) in [6.07, 6.45) is 9.26. The molecule has 1 aliphatic rings. The molecular weight excluding hydrogens is 408 g/mol. The molecule has 4 atom stereocenters. The fourth-order valence-electron chi connectivity index (χ4n) is 3.63. The Balaban J connectivity index is 1.98. The van der Waals surface area contributed by atoms with Gasteiger partial charge in [-0.05, 0) is 47.8 Å². The minimum Gasteiger partial charge on any atom is -0.299 e. The zero-order chi connectivity index (χ0) is 21.6. The number of hydrogen-bond acceptors (Lipinski definition) is 5. The van der Waals surface area contributed by atoms with Gasteiger partial charge in [0.05, 0.1) is 5.75 Å². The van der Waals surface area contributed by atoms with Crippen molar-refractivity contribution in [3.05, 3.63) is 41.7 Å². The Kier molecular flexibility index (Phi) is 8.58. The number of pyridine rings is 1. The summed E-state index contributed by atoms with van der Waals surface area (Å²) in [5.41, 5.74) is 2.19. The third kappa shape index (κ3) is 7.67. The van der Waals surface area contributed by atoms with Crippen molar-refractivity contribution in [2.75, 3.05) is 18.6 Å². The molecule has 7 heteroatoms. The summed E-state index contributed by atoms with van der Waals surface area (Å²) in [6, 6.07) is 4.02. The molecule has 0 amide bonds. The van der Waals surface area contributed by atoms with Gasteiger partial charge in [-0.3, -0.25) is 14.8 Å². The third-order valence-corrected chi connectivity index (χ3v) is 7.06. The van der Waals surface area contributed by atoms with Crippen LogP contribution in [0.1, 0.15) is 39.2 Å². The minimum absolute atomic E-state index is 0.0210. The van der Waals surface area contributed by atoms with Gasteiger partial charge in [0.15, 0.2) is 0 Å². The van der Waals surface area contributed by atoms with Crippen LogP contribution in [0.25, 0.3) is 0 Å². The molecule has 0 radical (unpaired) electrons. The summed E-state index contributed by atoms with van der Waals surface area (Å²) in [5.74, 6) is -0.182. The van der Waals surface area contributed by atoms with Crippen LogP contribution >= 0.6 is 11.6 Å². The van der Waals surface area contributed by atoms with E-state index < -0.39 is 15.8 Å². The van der Waals surface area contributed by atoms with E-state index in [2.05, 4.69) is 29.0 Å². The van der Waals surface area contributed by atoms with Crippen molar-refractivity contribution in [1.82, 2.24) is 4.98 Å². The van der Waals surface area contributed by atoms with E-state index in [1.807, 2.05) is 19.2 Å². The van der Waals surface area contributed by atoms with Crippen LogP contribution in [0.4, 0.5) is 0 Å². The van der Waals surface area contributed by atoms with Crippen LogP contribution in [0.5, 0.6) is 0 Å². The molecule has 0 fully saturated rings. The largest absolute Gasteiger partial charge is 0.299 e. The molecule has 0 saturated heterocycles. The first kappa shape index (κ1) is 23.7. The van der Waals surface area contributed by atoms with Gasteiger partial charge in [-0.25, -0.2) is 8.42 Å². The molecule has 0 spiro atoms. The van der Waals surface area contributed by atoms with Crippen LogP contribution in [-0.4, -0.2) is 42.9 Å². The van der Waals surface area contributed by atoms with Crippen LogP contribution in [0.15, 0.2) is 41.2 Å². The summed E-state index contributed by atoms with van der Waals surface area (Å²) in [4.78, 5) is 21.1. The maximum Gasteiger partial charge on any atom is 0.148 e. The number of dihydropyridines is 1. The average Bonchev–Trinajstić information content (AvgIpc) is 2.66. The van der Waals surface area contributed by atoms with Gasteiger partial charge in [0, 0.05) is 37.5 Å². The average molecular weight is 439 g/mol. The summed E-state index contributed by atoms with van der Waals surface area (Å²) in [7, 11) is -3.17. The summed E-state index contributed by atoms with van der Waals surface area (Å²) in [6.45, 7) is 6.43. The number of aliphatic imine (C=N–C) groups is 1. The lowest BCUT2D eigenvalue weighted by Gasteiger charge is -2.27. The maximum atomic E-state index is 12.5. The number of allylic oxidation sites excluding steroid dienone is 1. The van der Waals surface area contributed by atoms with E-state index in [1.165, 1.54) is 5.56 Å². The van der Waals surface area contributed by atoms with Crippen LogP contribution in [0.3, 0.4) is 0 Å². The molecule has 1 aliphatic heterocycles. The zero-order valence-electron chi connectivity index (χ0n) is 17.6. The van der Waals surface area contributed by atoms with Crippen LogP contribution in [0, 0.1) is 23.7 Å². The Morgan fingerprint density at radius 2 is 2.03 bits per heavy atom. The van der Waals surface area contributed by atoms with E-state index >= 15 is 0 Å². The molecule has 29 heavy (non-hydrogen) atoms.